The second-order valence-corrected chi connectivity index (χ2v) is 4.79. The Morgan fingerprint density at radius 2 is 2.22 bits per heavy atom. The number of aryl methyl sites for hydroxylation is 1. The highest BCUT2D eigenvalue weighted by Gasteiger charge is 2.11. The number of para-hydroxylation sites is 1. The molecule has 18 heavy (non-hydrogen) atoms. The van der Waals surface area contributed by atoms with Crippen molar-refractivity contribution in [2.24, 2.45) is 0 Å². The topological polar surface area (TPSA) is 44.1 Å². The summed E-state index contributed by atoms with van der Waals surface area (Å²) >= 11 is 1.48. The van der Waals surface area contributed by atoms with Crippen LogP contribution in [0, 0.1) is 6.92 Å². The third-order valence-electron chi connectivity index (χ3n) is 2.85. The van der Waals surface area contributed by atoms with Gasteiger partial charge in [-0.05, 0) is 24.8 Å². The van der Waals surface area contributed by atoms with Crippen LogP contribution >= 0.6 is 11.8 Å². The normalized spacial score (nSPS) is 11.1. The van der Waals surface area contributed by atoms with Gasteiger partial charge in [-0.25, -0.2) is 4.98 Å². The first-order valence-corrected chi connectivity index (χ1v) is 6.94. The molecule has 0 aliphatic heterocycles. The standard InChI is InChI=1S/C13H16N2O2S/c1-9-5-4-6-10-11(9)14-13(18-3)15(12(10)16)7-8-17-2/h4-6H,7-8H2,1-3H3. The third kappa shape index (κ3) is 2.28. The predicted octanol–water partition coefficient (Wildman–Crippen LogP) is 2.07. The number of hydrogen-bond donors (Lipinski definition) is 0. The quantitative estimate of drug-likeness (QED) is 0.626. The molecule has 0 spiro atoms. The smallest absolute Gasteiger partial charge is 0.262 e. The molecule has 0 unspecified atom stereocenters. The predicted molar refractivity (Wildman–Crippen MR) is 74.4 cm³/mol. The minimum atomic E-state index is 0.00472. The van der Waals surface area contributed by atoms with E-state index in [2.05, 4.69) is 4.98 Å². The van der Waals surface area contributed by atoms with Crippen molar-refractivity contribution in [3.05, 3.63) is 34.1 Å². The van der Waals surface area contributed by atoms with E-state index in [0.29, 0.717) is 18.5 Å². The van der Waals surface area contributed by atoms with Gasteiger partial charge in [-0.2, -0.15) is 0 Å². The summed E-state index contributed by atoms with van der Waals surface area (Å²) in [6.07, 6.45) is 1.93. The number of benzene rings is 1. The largest absolute Gasteiger partial charge is 0.383 e. The van der Waals surface area contributed by atoms with Gasteiger partial charge in [0.05, 0.1) is 24.1 Å². The maximum Gasteiger partial charge on any atom is 0.262 e. The first-order valence-electron chi connectivity index (χ1n) is 5.72. The van der Waals surface area contributed by atoms with Gasteiger partial charge in [-0.1, -0.05) is 23.9 Å². The molecule has 0 aliphatic carbocycles. The van der Waals surface area contributed by atoms with Gasteiger partial charge in [0.2, 0.25) is 0 Å². The molecular weight excluding hydrogens is 248 g/mol. The molecule has 2 rings (SSSR count). The van der Waals surface area contributed by atoms with E-state index in [1.807, 2.05) is 31.4 Å². The average Bonchev–Trinajstić information content (AvgIpc) is 2.38. The molecular formula is C13H16N2O2S. The monoisotopic (exact) mass is 264 g/mol. The Morgan fingerprint density at radius 3 is 2.89 bits per heavy atom. The van der Waals surface area contributed by atoms with E-state index in [4.69, 9.17) is 4.74 Å². The molecule has 0 atom stereocenters. The highest BCUT2D eigenvalue weighted by Crippen LogP contribution is 2.17. The molecule has 0 bridgehead atoms. The van der Waals surface area contributed by atoms with Gasteiger partial charge in [0.1, 0.15) is 0 Å². The van der Waals surface area contributed by atoms with E-state index in [9.17, 15) is 4.79 Å². The minimum Gasteiger partial charge on any atom is -0.383 e. The fourth-order valence-electron chi connectivity index (χ4n) is 1.90. The fraction of sp³-hybridized carbons (Fsp3) is 0.385. The van der Waals surface area contributed by atoms with Gasteiger partial charge in [0.15, 0.2) is 5.16 Å². The summed E-state index contributed by atoms with van der Waals surface area (Å²) in [7, 11) is 1.63. The van der Waals surface area contributed by atoms with Crippen LogP contribution in [-0.2, 0) is 11.3 Å². The first-order chi connectivity index (χ1) is 8.69. The van der Waals surface area contributed by atoms with Crippen LogP contribution in [0.2, 0.25) is 0 Å². The summed E-state index contributed by atoms with van der Waals surface area (Å²) in [6, 6.07) is 5.68. The number of hydrogen-bond acceptors (Lipinski definition) is 4. The minimum absolute atomic E-state index is 0.00472. The summed E-state index contributed by atoms with van der Waals surface area (Å²) < 4.78 is 6.72. The number of thioether (sulfide) groups is 1. The molecule has 2 aromatic rings. The maximum absolute atomic E-state index is 12.4. The summed E-state index contributed by atoms with van der Waals surface area (Å²) in [5.41, 5.74) is 1.82. The number of methoxy groups -OCH3 is 1. The lowest BCUT2D eigenvalue weighted by molar-refractivity contribution is 0.183. The number of fused-ring (bicyclic) bond motifs is 1. The lowest BCUT2D eigenvalue weighted by atomic mass is 10.1. The molecule has 0 saturated carbocycles. The van der Waals surface area contributed by atoms with Gasteiger partial charge in [0, 0.05) is 7.11 Å². The third-order valence-corrected chi connectivity index (χ3v) is 3.53. The molecule has 1 aromatic heterocycles. The first kappa shape index (κ1) is 13.1. The zero-order valence-electron chi connectivity index (χ0n) is 10.8. The van der Waals surface area contributed by atoms with E-state index in [1.54, 1.807) is 11.7 Å². The zero-order valence-corrected chi connectivity index (χ0v) is 11.6. The molecule has 96 valence electrons. The van der Waals surface area contributed by atoms with Crippen LogP contribution in [0.3, 0.4) is 0 Å². The van der Waals surface area contributed by atoms with Crippen molar-refractivity contribution < 1.29 is 4.74 Å². The highest BCUT2D eigenvalue weighted by molar-refractivity contribution is 7.98. The van der Waals surface area contributed by atoms with Crippen LogP contribution in [0.15, 0.2) is 28.2 Å². The van der Waals surface area contributed by atoms with Crippen LogP contribution < -0.4 is 5.56 Å². The van der Waals surface area contributed by atoms with E-state index in [0.717, 1.165) is 16.2 Å². The summed E-state index contributed by atoms with van der Waals surface area (Å²) in [5.74, 6) is 0. The zero-order chi connectivity index (χ0) is 13.1. The van der Waals surface area contributed by atoms with Gasteiger partial charge in [-0.15, -0.1) is 0 Å². The molecule has 0 aliphatic rings. The van der Waals surface area contributed by atoms with E-state index in [1.165, 1.54) is 11.8 Å². The molecule has 0 saturated heterocycles. The van der Waals surface area contributed by atoms with Crippen molar-refractivity contribution in [3.63, 3.8) is 0 Å². The van der Waals surface area contributed by atoms with Crippen LogP contribution in [0.25, 0.3) is 10.9 Å². The summed E-state index contributed by atoms with van der Waals surface area (Å²) in [4.78, 5) is 17.0. The fourth-order valence-corrected chi connectivity index (χ4v) is 2.48. The van der Waals surface area contributed by atoms with Crippen LogP contribution in [0.1, 0.15) is 5.56 Å². The van der Waals surface area contributed by atoms with Crippen molar-refractivity contribution in [3.8, 4) is 0 Å². The molecule has 0 amide bonds. The molecule has 1 aromatic carbocycles. The Hall–Kier alpha value is -1.33. The van der Waals surface area contributed by atoms with Crippen LogP contribution in [-0.4, -0.2) is 29.5 Å². The van der Waals surface area contributed by atoms with Crippen LogP contribution in [0.5, 0.6) is 0 Å². The van der Waals surface area contributed by atoms with Crippen molar-refractivity contribution in [2.75, 3.05) is 20.0 Å². The van der Waals surface area contributed by atoms with Gasteiger partial charge in [0.25, 0.3) is 5.56 Å². The number of nitrogens with zero attached hydrogens (tertiary/aromatic N) is 2. The van der Waals surface area contributed by atoms with E-state index < -0.39 is 0 Å². The lowest BCUT2D eigenvalue weighted by Crippen LogP contribution is -2.25. The van der Waals surface area contributed by atoms with Gasteiger partial charge >= 0.3 is 0 Å². The highest BCUT2D eigenvalue weighted by atomic mass is 32.2. The van der Waals surface area contributed by atoms with Gasteiger partial charge < -0.3 is 4.74 Å². The summed E-state index contributed by atoms with van der Waals surface area (Å²) in [5, 5.41) is 1.41. The Kier molecular flexibility index (Phi) is 4.04. The van der Waals surface area contributed by atoms with Crippen molar-refractivity contribution >= 4 is 22.7 Å². The van der Waals surface area contributed by atoms with Crippen LogP contribution in [0.4, 0.5) is 0 Å². The molecule has 0 radical (unpaired) electrons. The Morgan fingerprint density at radius 1 is 1.44 bits per heavy atom. The molecule has 5 heteroatoms. The second-order valence-electron chi connectivity index (χ2n) is 4.02. The SMILES string of the molecule is COCCn1c(SC)nc2c(C)cccc2c1=O. The number of rotatable bonds is 4. The Labute approximate surface area is 110 Å². The van der Waals surface area contributed by atoms with Crippen molar-refractivity contribution in [1.29, 1.82) is 0 Å². The maximum atomic E-state index is 12.4. The lowest BCUT2D eigenvalue weighted by Gasteiger charge is -2.12. The Balaban J connectivity index is 2.70. The van der Waals surface area contributed by atoms with E-state index in [-0.39, 0.29) is 5.56 Å². The van der Waals surface area contributed by atoms with Crippen molar-refractivity contribution in [2.45, 2.75) is 18.6 Å². The second kappa shape index (κ2) is 5.54. The van der Waals surface area contributed by atoms with Gasteiger partial charge in [-0.3, -0.25) is 9.36 Å². The Bertz CT molecular complexity index is 622. The molecule has 0 N–H and O–H groups in total. The molecule has 0 fully saturated rings. The van der Waals surface area contributed by atoms with E-state index >= 15 is 0 Å². The molecule has 4 nitrogen and oxygen atoms in total. The number of ether oxygens (including phenoxy) is 1. The number of aromatic nitrogens is 2. The molecule has 1 heterocycles. The van der Waals surface area contributed by atoms with Crippen molar-refractivity contribution in [1.82, 2.24) is 9.55 Å². The average molecular weight is 264 g/mol. The summed E-state index contributed by atoms with van der Waals surface area (Å²) in [6.45, 7) is 3.01.